The van der Waals surface area contributed by atoms with Gasteiger partial charge in [0.2, 0.25) is 0 Å². The summed E-state index contributed by atoms with van der Waals surface area (Å²) in [5.74, 6) is 0.621. The zero-order chi connectivity index (χ0) is 25.9. The van der Waals surface area contributed by atoms with Gasteiger partial charge in [-0.15, -0.1) is 11.3 Å². The van der Waals surface area contributed by atoms with Gasteiger partial charge in [-0.2, -0.15) is 0 Å². The van der Waals surface area contributed by atoms with Crippen LogP contribution in [0.25, 0.3) is 22.2 Å². The van der Waals surface area contributed by atoms with Crippen molar-refractivity contribution in [1.29, 1.82) is 0 Å². The van der Waals surface area contributed by atoms with E-state index in [1.165, 1.54) is 11.3 Å². The number of benzene rings is 2. The number of esters is 1. The van der Waals surface area contributed by atoms with Crippen molar-refractivity contribution >= 4 is 39.1 Å². The van der Waals surface area contributed by atoms with Crippen molar-refractivity contribution < 1.29 is 19.1 Å². The van der Waals surface area contributed by atoms with Crippen molar-refractivity contribution in [3.63, 3.8) is 0 Å². The normalized spacial score (nSPS) is 14.7. The van der Waals surface area contributed by atoms with Crippen LogP contribution in [-0.2, 0) is 17.6 Å². The highest BCUT2D eigenvalue weighted by Crippen LogP contribution is 2.40. The zero-order valence-corrected chi connectivity index (χ0v) is 22.1. The molecule has 1 aliphatic rings. The number of hydrogen-bond donors (Lipinski definition) is 1. The number of para-hydroxylation sites is 1. The number of nitrogens with one attached hydrogen (secondary N) is 1. The molecule has 7 heteroatoms. The number of thiophene rings is 1. The maximum Gasteiger partial charge on any atom is 0.341 e. The summed E-state index contributed by atoms with van der Waals surface area (Å²) in [7, 11) is 1.62. The Hall–Kier alpha value is -3.71. The van der Waals surface area contributed by atoms with Crippen LogP contribution in [0.1, 0.15) is 57.8 Å². The molecular weight excluding hydrogens is 484 g/mol. The fraction of sp³-hybridized carbons (Fsp3) is 0.300. The third kappa shape index (κ3) is 5.09. The Bertz CT molecular complexity index is 1480. The van der Waals surface area contributed by atoms with E-state index in [-0.39, 0.29) is 11.9 Å². The van der Waals surface area contributed by atoms with E-state index in [9.17, 15) is 9.59 Å². The molecule has 2 heterocycles. The van der Waals surface area contributed by atoms with Gasteiger partial charge in [0.05, 0.1) is 36.1 Å². The monoisotopic (exact) mass is 514 g/mol. The largest absolute Gasteiger partial charge is 0.497 e. The molecule has 0 saturated heterocycles. The fourth-order valence-electron chi connectivity index (χ4n) is 4.79. The second-order valence-corrected chi connectivity index (χ2v) is 10.6. The maximum absolute atomic E-state index is 13.8. The highest BCUT2D eigenvalue weighted by atomic mass is 32.1. The molecule has 1 N–H and O–H groups in total. The number of anilines is 1. The van der Waals surface area contributed by atoms with Crippen molar-refractivity contribution in [2.24, 2.45) is 5.92 Å². The lowest BCUT2D eigenvalue weighted by atomic mass is 9.88. The van der Waals surface area contributed by atoms with Gasteiger partial charge in [-0.1, -0.05) is 44.2 Å². The van der Waals surface area contributed by atoms with Crippen LogP contribution in [0.4, 0.5) is 5.00 Å². The maximum atomic E-state index is 13.8. The van der Waals surface area contributed by atoms with Crippen LogP contribution in [0.3, 0.4) is 0 Å². The third-order valence-electron chi connectivity index (χ3n) is 6.71. The quantitative estimate of drug-likeness (QED) is 0.271. The number of aromatic nitrogens is 1. The van der Waals surface area contributed by atoms with Crippen LogP contribution in [-0.4, -0.2) is 30.6 Å². The van der Waals surface area contributed by atoms with Crippen molar-refractivity contribution in [2.75, 3.05) is 19.0 Å². The highest BCUT2D eigenvalue weighted by Gasteiger charge is 2.29. The molecule has 2 aromatic carbocycles. The Balaban J connectivity index is 1.56. The highest BCUT2D eigenvalue weighted by molar-refractivity contribution is 7.17. The molecule has 6 nitrogen and oxygen atoms in total. The Morgan fingerprint density at radius 3 is 2.78 bits per heavy atom. The topological polar surface area (TPSA) is 77.5 Å². The molecule has 1 amide bonds. The molecule has 0 spiro atoms. The summed E-state index contributed by atoms with van der Waals surface area (Å²) in [6.45, 7) is 4.54. The Morgan fingerprint density at radius 2 is 1.97 bits per heavy atom. The number of amides is 1. The van der Waals surface area contributed by atoms with Crippen molar-refractivity contribution in [2.45, 2.75) is 39.5 Å². The van der Waals surface area contributed by atoms with Crippen molar-refractivity contribution in [1.82, 2.24) is 4.98 Å². The molecule has 0 unspecified atom stereocenters. The smallest absolute Gasteiger partial charge is 0.341 e. The van der Waals surface area contributed by atoms with Crippen LogP contribution in [0.2, 0.25) is 0 Å². The summed E-state index contributed by atoms with van der Waals surface area (Å²) in [4.78, 5) is 32.8. The first-order valence-electron chi connectivity index (χ1n) is 12.7. The van der Waals surface area contributed by atoms with Gasteiger partial charge < -0.3 is 14.8 Å². The number of pyridine rings is 1. The molecule has 0 saturated carbocycles. The van der Waals surface area contributed by atoms with E-state index < -0.39 is 0 Å². The molecule has 5 rings (SSSR count). The number of hydrogen-bond acceptors (Lipinski definition) is 6. The van der Waals surface area contributed by atoms with Gasteiger partial charge in [-0.3, -0.25) is 4.79 Å². The average Bonchev–Trinajstić information content (AvgIpc) is 3.27. The van der Waals surface area contributed by atoms with Gasteiger partial charge >= 0.3 is 5.97 Å². The molecule has 1 aliphatic carbocycles. The summed E-state index contributed by atoms with van der Waals surface area (Å²) in [5.41, 5.74) is 4.27. The molecule has 0 aliphatic heterocycles. The van der Waals surface area contributed by atoms with E-state index in [4.69, 9.17) is 14.5 Å². The second kappa shape index (κ2) is 10.7. The van der Waals surface area contributed by atoms with Crippen molar-refractivity contribution in [3.05, 3.63) is 76.2 Å². The molecule has 2 aromatic heterocycles. The SMILES string of the molecule is CCCOC(=O)c1c(NC(=O)c2cc(-c3cccc(OC)c3)nc3ccccc23)sc2c1CC[C@H](C)C2. The number of rotatable bonds is 7. The first-order chi connectivity index (χ1) is 18.0. The lowest BCUT2D eigenvalue weighted by Gasteiger charge is -2.18. The predicted molar refractivity (Wildman–Crippen MR) is 148 cm³/mol. The average molecular weight is 515 g/mol. The minimum atomic E-state index is -0.360. The van der Waals surface area contributed by atoms with Crippen LogP contribution in [0.15, 0.2) is 54.6 Å². The minimum absolute atomic E-state index is 0.279. The van der Waals surface area contributed by atoms with Crippen LogP contribution in [0.5, 0.6) is 5.75 Å². The van der Waals surface area contributed by atoms with E-state index >= 15 is 0 Å². The van der Waals surface area contributed by atoms with Crippen LogP contribution >= 0.6 is 11.3 Å². The Labute approximate surface area is 220 Å². The van der Waals surface area contributed by atoms with E-state index in [0.717, 1.165) is 52.6 Å². The first kappa shape index (κ1) is 25.0. The zero-order valence-electron chi connectivity index (χ0n) is 21.3. The van der Waals surface area contributed by atoms with Crippen LogP contribution < -0.4 is 10.1 Å². The van der Waals surface area contributed by atoms with E-state index in [2.05, 4.69) is 12.2 Å². The number of ether oxygens (including phenoxy) is 2. The number of nitrogens with zero attached hydrogens (tertiary/aromatic N) is 1. The summed E-state index contributed by atoms with van der Waals surface area (Å²) < 4.78 is 10.9. The molecular formula is C30H30N2O4S. The van der Waals surface area contributed by atoms with Gasteiger partial charge in [0.1, 0.15) is 10.8 Å². The van der Waals surface area contributed by atoms with Gasteiger partial charge in [0.25, 0.3) is 5.91 Å². The molecule has 0 fully saturated rings. The van der Waals surface area contributed by atoms with Crippen molar-refractivity contribution in [3.8, 4) is 17.0 Å². The van der Waals surface area contributed by atoms with Crippen LogP contribution in [0, 0.1) is 5.92 Å². The minimum Gasteiger partial charge on any atom is -0.497 e. The fourth-order valence-corrected chi connectivity index (χ4v) is 6.18. The van der Waals surface area contributed by atoms with E-state index in [1.807, 2.05) is 55.5 Å². The molecule has 37 heavy (non-hydrogen) atoms. The number of carbonyl (C=O) groups excluding carboxylic acids is 2. The number of methoxy groups -OCH3 is 1. The summed E-state index contributed by atoms with van der Waals surface area (Å²) >= 11 is 1.50. The Kier molecular flexibility index (Phi) is 7.24. The summed E-state index contributed by atoms with van der Waals surface area (Å²) in [6.07, 6.45) is 3.48. The van der Waals surface area contributed by atoms with Gasteiger partial charge in [0.15, 0.2) is 0 Å². The predicted octanol–water partition coefficient (Wildman–Crippen LogP) is 6.92. The lowest BCUT2D eigenvalue weighted by molar-refractivity contribution is 0.0505. The molecule has 4 aromatic rings. The van der Waals surface area contributed by atoms with E-state index in [1.54, 1.807) is 13.2 Å². The summed E-state index contributed by atoms with van der Waals surface area (Å²) in [5, 5.41) is 4.39. The second-order valence-electron chi connectivity index (χ2n) is 9.45. The molecule has 1 atom stereocenters. The number of carbonyl (C=O) groups is 2. The molecule has 0 radical (unpaired) electrons. The van der Waals surface area contributed by atoms with Gasteiger partial charge in [0, 0.05) is 15.8 Å². The third-order valence-corrected chi connectivity index (χ3v) is 7.88. The van der Waals surface area contributed by atoms with Gasteiger partial charge in [-0.25, -0.2) is 9.78 Å². The summed E-state index contributed by atoms with van der Waals surface area (Å²) in [6, 6.07) is 17.0. The molecule has 0 bridgehead atoms. The lowest BCUT2D eigenvalue weighted by Crippen LogP contribution is -2.17. The molecule has 190 valence electrons. The van der Waals surface area contributed by atoms with E-state index in [0.29, 0.717) is 40.1 Å². The number of fused-ring (bicyclic) bond motifs is 2. The Morgan fingerprint density at radius 1 is 1.14 bits per heavy atom. The standard InChI is InChI=1S/C30H30N2O4S/c1-4-14-36-30(34)27-22-13-12-18(2)15-26(22)37-29(27)32-28(33)23-17-25(19-8-7-9-20(16-19)35-3)31-24-11-6-5-10-21(23)24/h5-11,16-18H,4,12-15H2,1-3H3,(H,32,33)/t18-/m0/s1. The first-order valence-corrected chi connectivity index (χ1v) is 13.5. The van der Waals surface area contributed by atoms with Gasteiger partial charge in [-0.05, 0) is 61.4 Å².